The van der Waals surface area contributed by atoms with Crippen LogP contribution < -0.4 is 0 Å². The Kier molecular flexibility index (Phi) is 5.15. The molecule has 0 spiro atoms. The third-order valence-corrected chi connectivity index (χ3v) is 3.50. The van der Waals surface area contributed by atoms with E-state index < -0.39 is 6.04 Å². The number of phenols is 1. The van der Waals surface area contributed by atoms with E-state index in [0.29, 0.717) is 17.9 Å². The van der Waals surface area contributed by atoms with Crippen LogP contribution in [0.4, 0.5) is 0 Å². The van der Waals surface area contributed by atoms with Gasteiger partial charge in [-0.25, -0.2) is 4.79 Å². The fourth-order valence-electron chi connectivity index (χ4n) is 2.38. The van der Waals surface area contributed by atoms with Gasteiger partial charge in [0.1, 0.15) is 11.8 Å². The van der Waals surface area contributed by atoms with Crippen molar-refractivity contribution in [1.29, 1.82) is 0 Å². The average Bonchev–Trinajstić information content (AvgIpc) is 2.51. The highest BCUT2D eigenvalue weighted by Crippen LogP contribution is 2.25. The molecule has 0 heterocycles. The highest BCUT2D eigenvalue weighted by atomic mass is 16.5. The molecule has 1 N–H and O–H groups in total. The van der Waals surface area contributed by atoms with Crippen LogP contribution in [-0.2, 0) is 9.53 Å². The molecule has 0 aromatic heterocycles. The number of benzene rings is 2. The number of hydrogen-bond acceptors (Lipinski definition) is 4. The van der Waals surface area contributed by atoms with Crippen LogP contribution in [0, 0.1) is 5.92 Å². The van der Waals surface area contributed by atoms with Crippen molar-refractivity contribution in [2.24, 2.45) is 10.9 Å². The Bertz CT molecular complexity index is 692. The molecule has 4 nitrogen and oxygen atoms in total. The zero-order chi connectivity index (χ0) is 16.1. The number of rotatable bonds is 5. The summed E-state index contributed by atoms with van der Waals surface area (Å²) in [7, 11) is 1.36. The number of esters is 1. The van der Waals surface area contributed by atoms with E-state index in [-0.39, 0.29) is 11.7 Å². The Morgan fingerprint density at radius 1 is 1.27 bits per heavy atom. The number of hydrogen-bond donors (Lipinski definition) is 1. The molecule has 22 heavy (non-hydrogen) atoms. The summed E-state index contributed by atoms with van der Waals surface area (Å²) in [6.07, 6.45) is 2.18. The van der Waals surface area contributed by atoms with Gasteiger partial charge in [-0.2, -0.15) is 0 Å². The summed E-state index contributed by atoms with van der Waals surface area (Å²) in [4.78, 5) is 16.2. The van der Waals surface area contributed by atoms with Gasteiger partial charge in [0.2, 0.25) is 0 Å². The molecule has 0 unspecified atom stereocenters. The van der Waals surface area contributed by atoms with Crippen molar-refractivity contribution in [3.63, 3.8) is 0 Å². The van der Waals surface area contributed by atoms with Crippen LogP contribution in [-0.4, -0.2) is 30.4 Å². The molecule has 2 aromatic carbocycles. The largest absolute Gasteiger partial charge is 0.507 e. The summed E-state index contributed by atoms with van der Waals surface area (Å²) in [5.41, 5.74) is 0.621. The maximum atomic E-state index is 11.8. The molecule has 0 aliphatic heterocycles. The molecule has 2 rings (SSSR count). The normalized spacial score (nSPS) is 12.9. The number of ether oxygens (including phenoxy) is 1. The first-order valence-corrected chi connectivity index (χ1v) is 7.34. The van der Waals surface area contributed by atoms with Crippen molar-refractivity contribution < 1.29 is 14.6 Å². The van der Waals surface area contributed by atoms with Crippen LogP contribution in [0.25, 0.3) is 10.8 Å². The van der Waals surface area contributed by atoms with Crippen molar-refractivity contribution in [1.82, 2.24) is 0 Å². The van der Waals surface area contributed by atoms with Crippen molar-refractivity contribution in [3.8, 4) is 5.75 Å². The average molecular weight is 299 g/mol. The fourth-order valence-corrected chi connectivity index (χ4v) is 2.38. The number of fused-ring (bicyclic) bond motifs is 1. The predicted octanol–water partition coefficient (Wildman–Crippen LogP) is 3.55. The summed E-state index contributed by atoms with van der Waals surface area (Å²) >= 11 is 0. The Balaban J connectivity index is 2.39. The lowest BCUT2D eigenvalue weighted by molar-refractivity contribution is -0.142. The number of methoxy groups -OCH3 is 1. The number of carbonyl (C=O) groups is 1. The van der Waals surface area contributed by atoms with Gasteiger partial charge in [-0.15, -0.1) is 0 Å². The zero-order valence-corrected chi connectivity index (χ0v) is 13.1. The van der Waals surface area contributed by atoms with Crippen molar-refractivity contribution in [3.05, 3.63) is 42.0 Å². The minimum Gasteiger partial charge on any atom is -0.507 e. The summed E-state index contributed by atoms with van der Waals surface area (Å²) in [6, 6.07) is 10.7. The van der Waals surface area contributed by atoms with Gasteiger partial charge in [0, 0.05) is 11.8 Å². The summed E-state index contributed by atoms with van der Waals surface area (Å²) in [5.74, 6) is 0.114. The first kappa shape index (κ1) is 16.0. The lowest BCUT2D eigenvalue weighted by atomic mass is 10.0. The Labute approximate surface area is 130 Å². The van der Waals surface area contributed by atoms with Crippen molar-refractivity contribution in [2.45, 2.75) is 26.3 Å². The number of aromatic hydroxyl groups is 1. The Hall–Kier alpha value is -2.36. The van der Waals surface area contributed by atoms with E-state index in [1.807, 2.05) is 44.2 Å². The molecule has 0 saturated carbocycles. The number of aliphatic imine (C=N–C) groups is 1. The van der Waals surface area contributed by atoms with Gasteiger partial charge < -0.3 is 9.84 Å². The predicted molar refractivity (Wildman–Crippen MR) is 88.5 cm³/mol. The van der Waals surface area contributed by atoms with Gasteiger partial charge >= 0.3 is 5.97 Å². The van der Waals surface area contributed by atoms with Crippen LogP contribution in [0.3, 0.4) is 0 Å². The monoisotopic (exact) mass is 299 g/mol. The summed E-state index contributed by atoms with van der Waals surface area (Å²) in [6.45, 7) is 4.06. The summed E-state index contributed by atoms with van der Waals surface area (Å²) in [5, 5.41) is 12.0. The molecule has 0 saturated heterocycles. The third kappa shape index (κ3) is 3.64. The standard InChI is InChI=1S/C18H21NO3/c1-12(2)10-16(18(21)22-3)19-11-15-14-7-5-4-6-13(14)8-9-17(15)20/h4-9,11-12,16,20H,10H2,1-3H3/t16-/m1/s1. The zero-order valence-electron chi connectivity index (χ0n) is 13.1. The molecular weight excluding hydrogens is 278 g/mol. The van der Waals surface area contributed by atoms with Crippen molar-refractivity contribution in [2.75, 3.05) is 7.11 Å². The minimum atomic E-state index is -0.552. The topological polar surface area (TPSA) is 58.9 Å². The van der Waals surface area contributed by atoms with Crippen LogP contribution in [0.1, 0.15) is 25.8 Å². The van der Waals surface area contributed by atoms with E-state index in [0.717, 1.165) is 10.8 Å². The Morgan fingerprint density at radius 3 is 2.68 bits per heavy atom. The van der Waals surface area contributed by atoms with Gasteiger partial charge in [-0.3, -0.25) is 4.99 Å². The number of carbonyl (C=O) groups excluding carboxylic acids is 1. The number of nitrogens with zero attached hydrogens (tertiary/aromatic N) is 1. The molecule has 0 bridgehead atoms. The summed E-state index contributed by atoms with van der Waals surface area (Å²) < 4.78 is 4.80. The van der Waals surface area contributed by atoms with E-state index in [2.05, 4.69) is 4.99 Å². The smallest absolute Gasteiger partial charge is 0.330 e. The quantitative estimate of drug-likeness (QED) is 0.678. The second-order valence-electron chi connectivity index (χ2n) is 5.67. The van der Waals surface area contributed by atoms with Crippen LogP contribution in [0.15, 0.2) is 41.4 Å². The fraction of sp³-hybridized carbons (Fsp3) is 0.333. The van der Waals surface area contributed by atoms with E-state index in [1.165, 1.54) is 7.11 Å². The highest BCUT2D eigenvalue weighted by molar-refractivity contribution is 6.02. The van der Waals surface area contributed by atoms with Crippen molar-refractivity contribution >= 4 is 23.0 Å². The number of phenolic OH excluding ortho intramolecular Hbond substituents is 1. The molecule has 4 heteroatoms. The first-order valence-electron chi connectivity index (χ1n) is 7.34. The molecule has 0 amide bonds. The maximum Gasteiger partial charge on any atom is 0.330 e. The molecule has 2 aromatic rings. The molecule has 0 fully saturated rings. The van der Waals surface area contributed by atoms with E-state index in [1.54, 1.807) is 12.3 Å². The molecule has 116 valence electrons. The van der Waals surface area contributed by atoms with Crippen LogP contribution in [0.2, 0.25) is 0 Å². The molecule has 0 aliphatic rings. The highest BCUT2D eigenvalue weighted by Gasteiger charge is 2.19. The molecular formula is C18H21NO3. The maximum absolute atomic E-state index is 11.8. The second-order valence-corrected chi connectivity index (χ2v) is 5.67. The SMILES string of the molecule is COC(=O)[C@@H](CC(C)C)N=Cc1c(O)ccc2ccccc12. The second kappa shape index (κ2) is 7.07. The lowest BCUT2D eigenvalue weighted by Crippen LogP contribution is -2.22. The first-order chi connectivity index (χ1) is 10.5. The van der Waals surface area contributed by atoms with Gasteiger partial charge in [0.25, 0.3) is 0 Å². The van der Waals surface area contributed by atoms with E-state index in [4.69, 9.17) is 4.74 Å². The lowest BCUT2D eigenvalue weighted by Gasteiger charge is -2.12. The van der Waals surface area contributed by atoms with Gasteiger partial charge in [-0.05, 0) is 29.2 Å². The van der Waals surface area contributed by atoms with Crippen LogP contribution >= 0.6 is 0 Å². The van der Waals surface area contributed by atoms with Gasteiger partial charge in [0.15, 0.2) is 0 Å². The van der Waals surface area contributed by atoms with Crippen LogP contribution in [0.5, 0.6) is 5.75 Å². The van der Waals surface area contributed by atoms with Gasteiger partial charge in [-0.1, -0.05) is 44.2 Å². The third-order valence-electron chi connectivity index (χ3n) is 3.50. The molecule has 0 aliphatic carbocycles. The Morgan fingerprint density at radius 2 is 2.00 bits per heavy atom. The van der Waals surface area contributed by atoms with E-state index >= 15 is 0 Å². The van der Waals surface area contributed by atoms with Gasteiger partial charge in [0.05, 0.1) is 7.11 Å². The molecule has 0 radical (unpaired) electrons. The van der Waals surface area contributed by atoms with E-state index in [9.17, 15) is 9.90 Å². The molecule has 1 atom stereocenters. The minimum absolute atomic E-state index is 0.149.